The Kier molecular flexibility index (Phi) is 3.06. The predicted molar refractivity (Wildman–Crippen MR) is 75.7 cm³/mol. The molecule has 102 valence electrons. The lowest BCUT2D eigenvalue weighted by molar-refractivity contribution is -0.142. The smallest absolute Gasteiger partial charge is 0.310 e. The Bertz CT molecular complexity index is 786. The van der Waals surface area contributed by atoms with Gasteiger partial charge >= 0.3 is 5.97 Å². The molecule has 20 heavy (non-hydrogen) atoms. The zero-order valence-electron chi connectivity index (χ0n) is 11.1. The molecule has 0 saturated carbocycles. The molecule has 4 heteroatoms. The van der Waals surface area contributed by atoms with Crippen molar-refractivity contribution in [1.82, 2.24) is 0 Å². The zero-order valence-corrected chi connectivity index (χ0v) is 11.1. The second-order valence-corrected chi connectivity index (χ2v) is 4.59. The molecule has 0 bridgehead atoms. The van der Waals surface area contributed by atoms with E-state index in [0.717, 1.165) is 27.3 Å². The summed E-state index contributed by atoms with van der Waals surface area (Å²) < 4.78 is 10.5. The summed E-state index contributed by atoms with van der Waals surface area (Å²) in [6, 6.07) is 8.87. The normalized spacial score (nSPS) is 11.1. The van der Waals surface area contributed by atoms with Gasteiger partial charge in [-0.3, -0.25) is 4.79 Å². The van der Waals surface area contributed by atoms with Gasteiger partial charge in [-0.25, -0.2) is 0 Å². The average Bonchev–Trinajstić information content (AvgIpc) is 2.82. The molecule has 4 nitrogen and oxygen atoms in total. The highest BCUT2D eigenvalue weighted by molar-refractivity contribution is 6.08. The fourth-order valence-electron chi connectivity index (χ4n) is 2.42. The van der Waals surface area contributed by atoms with E-state index in [1.807, 2.05) is 18.2 Å². The minimum atomic E-state index is -0.272. The zero-order chi connectivity index (χ0) is 14.1. The first kappa shape index (κ1) is 12.5. The highest BCUT2D eigenvalue weighted by atomic mass is 16.5. The largest absolute Gasteiger partial charge is 0.508 e. The first-order valence-corrected chi connectivity index (χ1v) is 6.46. The lowest BCUT2D eigenvalue weighted by Gasteiger charge is -2.03. The van der Waals surface area contributed by atoms with Gasteiger partial charge in [0.1, 0.15) is 11.3 Å². The molecule has 0 amide bonds. The van der Waals surface area contributed by atoms with E-state index in [9.17, 15) is 9.90 Å². The van der Waals surface area contributed by atoms with E-state index < -0.39 is 0 Å². The summed E-state index contributed by atoms with van der Waals surface area (Å²) in [5.74, 6) is -0.0572. The lowest BCUT2D eigenvalue weighted by atomic mass is 10.0. The molecule has 3 rings (SSSR count). The first-order chi connectivity index (χ1) is 9.69. The minimum Gasteiger partial charge on any atom is -0.508 e. The minimum absolute atomic E-state index is 0.181. The summed E-state index contributed by atoms with van der Waals surface area (Å²) in [4.78, 5) is 11.6. The van der Waals surface area contributed by atoms with Crippen molar-refractivity contribution in [3.8, 4) is 5.75 Å². The molecule has 0 aliphatic carbocycles. The topological polar surface area (TPSA) is 59.7 Å². The van der Waals surface area contributed by atoms with E-state index in [1.165, 1.54) is 0 Å². The van der Waals surface area contributed by atoms with Crippen molar-refractivity contribution in [3.05, 3.63) is 42.2 Å². The van der Waals surface area contributed by atoms with Gasteiger partial charge in [0.25, 0.3) is 0 Å². The maximum absolute atomic E-state index is 11.6. The maximum Gasteiger partial charge on any atom is 0.310 e. The molecule has 1 N–H and O–H groups in total. The number of phenolic OH excluding ortho intramolecular Hbond substituents is 1. The Balaban J connectivity index is 2.16. The molecule has 2 aromatic carbocycles. The van der Waals surface area contributed by atoms with Crippen molar-refractivity contribution in [1.29, 1.82) is 0 Å². The molecule has 0 spiro atoms. The van der Waals surface area contributed by atoms with Gasteiger partial charge in [-0.15, -0.1) is 0 Å². The molecule has 0 unspecified atom stereocenters. The Labute approximate surface area is 115 Å². The fourth-order valence-corrected chi connectivity index (χ4v) is 2.42. The molecule has 0 atom stereocenters. The van der Waals surface area contributed by atoms with Crippen LogP contribution < -0.4 is 0 Å². The maximum atomic E-state index is 11.6. The number of fused-ring (bicyclic) bond motifs is 3. The molecular formula is C16H14O4. The third-order valence-corrected chi connectivity index (χ3v) is 3.25. The van der Waals surface area contributed by atoms with Crippen LogP contribution in [0.3, 0.4) is 0 Å². The molecule has 0 aliphatic rings. The number of hydrogen-bond acceptors (Lipinski definition) is 4. The van der Waals surface area contributed by atoms with E-state index >= 15 is 0 Å². The van der Waals surface area contributed by atoms with E-state index in [-0.39, 0.29) is 18.1 Å². The van der Waals surface area contributed by atoms with Crippen molar-refractivity contribution in [3.63, 3.8) is 0 Å². The number of esters is 1. The van der Waals surface area contributed by atoms with Gasteiger partial charge < -0.3 is 14.3 Å². The Morgan fingerprint density at radius 3 is 2.95 bits per heavy atom. The van der Waals surface area contributed by atoms with E-state index in [2.05, 4.69) is 0 Å². The molecule has 0 saturated heterocycles. The lowest BCUT2D eigenvalue weighted by Crippen LogP contribution is -2.06. The number of carbonyl (C=O) groups excluding carboxylic acids is 1. The third kappa shape index (κ3) is 2.09. The van der Waals surface area contributed by atoms with Gasteiger partial charge in [-0.1, -0.05) is 6.07 Å². The number of furan rings is 1. The van der Waals surface area contributed by atoms with Crippen LogP contribution in [-0.2, 0) is 16.0 Å². The average molecular weight is 270 g/mol. The number of ether oxygens (including phenoxy) is 1. The van der Waals surface area contributed by atoms with Crippen LogP contribution in [0.15, 0.2) is 41.0 Å². The second kappa shape index (κ2) is 4.89. The summed E-state index contributed by atoms with van der Waals surface area (Å²) in [5.41, 5.74) is 1.53. The first-order valence-electron chi connectivity index (χ1n) is 6.46. The van der Waals surface area contributed by atoms with E-state index in [0.29, 0.717) is 6.61 Å². The van der Waals surface area contributed by atoms with Crippen molar-refractivity contribution in [2.45, 2.75) is 13.3 Å². The predicted octanol–water partition coefficient (Wildman–Crippen LogP) is 3.40. The summed E-state index contributed by atoms with van der Waals surface area (Å²) in [7, 11) is 0. The van der Waals surface area contributed by atoms with Crippen LogP contribution in [-0.4, -0.2) is 17.7 Å². The van der Waals surface area contributed by atoms with Crippen LogP contribution in [0.25, 0.3) is 21.7 Å². The standard InChI is InChI=1S/C16H14O4/c1-2-19-15(18)8-11-9-20-14-6-3-10-7-12(17)4-5-13(10)16(11)14/h3-7,9,17H,2,8H2,1H3. The number of rotatable bonds is 3. The molecule has 1 aromatic heterocycles. The van der Waals surface area contributed by atoms with Crippen LogP contribution in [0, 0.1) is 0 Å². The van der Waals surface area contributed by atoms with Crippen molar-refractivity contribution in [2.24, 2.45) is 0 Å². The Morgan fingerprint density at radius 2 is 2.15 bits per heavy atom. The number of benzene rings is 2. The van der Waals surface area contributed by atoms with Gasteiger partial charge in [0.05, 0.1) is 19.3 Å². The molecular weight excluding hydrogens is 256 g/mol. The molecule has 3 aromatic rings. The van der Waals surface area contributed by atoms with Crippen molar-refractivity contribution >= 4 is 27.7 Å². The summed E-state index contributed by atoms with van der Waals surface area (Å²) in [6.07, 6.45) is 1.77. The number of hydrogen-bond donors (Lipinski definition) is 1. The highest BCUT2D eigenvalue weighted by Crippen LogP contribution is 2.32. The van der Waals surface area contributed by atoms with Crippen LogP contribution in [0.4, 0.5) is 0 Å². The molecule has 1 heterocycles. The van der Waals surface area contributed by atoms with Crippen molar-refractivity contribution in [2.75, 3.05) is 6.61 Å². The van der Waals surface area contributed by atoms with Gasteiger partial charge in [0, 0.05) is 10.9 Å². The van der Waals surface area contributed by atoms with Crippen molar-refractivity contribution < 1.29 is 19.1 Å². The number of phenols is 1. The van der Waals surface area contributed by atoms with Crippen LogP contribution in [0.1, 0.15) is 12.5 Å². The summed E-state index contributed by atoms with van der Waals surface area (Å²) in [5, 5.41) is 12.3. The number of aromatic hydroxyl groups is 1. The highest BCUT2D eigenvalue weighted by Gasteiger charge is 2.13. The van der Waals surface area contributed by atoms with E-state index in [4.69, 9.17) is 9.15 Å². The fraction of sp³-hybridized carbons (Fsp3) is 0.188. The molecule has 0 aliphatic heterocycles. The summed E-state index contributed by atoms with van der Waals surface area (Å²) in [6.45, 7) is 2.15. The molecule has 0 radical (unpaired) electrons. The summed E-state index contributed by atoms with van der Waals surface area (Å²) >= 11 is 0. The Hall–Kier alpha value is -2.49. The Morgan fingerprint density at radius 1 is 1.30 bits per heavy atom. The van der Waals surface area contributed by atoms with Gasteiger partial charge in [-0.05, 0) is 42.0 Å². The van der Waals surface area contributed by atoms with Gasteiger partial charge in [-0.2, -0.15) is 0 Å². The van der Waals surface area contributed by atoms with Crippen LogP contribution in [0.5, 0.6) is 5.75 Å². The van der Waals surface area contributed by atoms with E-state index in [1.54, 1.807) is 25.3 Å². The van der Waals surface area contributed by atoms with Crippen LogP contribution in [0.2, 0.25) is 0 Å². The molecule has 0 fully saturated rings. The monoisotopic (exact) mass is 270 g/mol. The second-order valence-electron chi connectivity index (χ2n) is 4.59. The quantitative estimate of drug-likeness (QED) is 0.741. The number of carbonyl (C=O) groups is 1. The van der Waals surface area contributed by atoms with Gasteiger partial charge in [0.15, 0.2) is 0 Å². The van der Waals surface area contributed by atoms with Crippen LogP contribution >= 0.6 is 0 Å². The van der Waals surface area contributed by atoms with Gasteiger partial charge in [0.2, 0.25) is 0 Å². The third-order valence-electron chi connectivity index (χ3n) is 3.25. The SMILES string of the molecule is CCOC(=O)Cc1coc2ccc3cc(O)ccc3c12.